The van der Waals surface area contributed by atoms with Crippen LogP contribution in [-0.2, 0) is 6.42 Å². The fourth-order valence-electron chi connectivity index (χ4n) is 6.10. The van der Waals surface area contributed by atoms with Gasteiger partial charge in [-0.1, -0.05) is 19.1 Å². The zero-order valence-electron chi connectivity index (χ0n) is 21.4. The molecule has 0 aliphatic carbocycles. The molecule has 0 radical (unpaired) electrons. The molecule has 1 fully saturated rings. The van der Waals surface area contributed by atoms with Gasteiger partial charge in [0.25, 0.3) is 0 Å². The minimum atomic E-state index is -0.363. The molecule has 0 saturated carbocycles. The maximum Gasteiger partial charge on any atom is 0.199 e. The molecule has 0 bridgehead atoms. The number of halogens is 1. The Bertz CT molecular complexity index is 1470. The molecule has 186 valence electrons. The summed E-state index contributed by atoms with van der Waals surface area (Å²) in [4.78, 5) is 19.5. The summed E-state index contributed by atoms with van der Waals surface area (Å²) in [5, 5.41) is 11.8. The fourth-order valence-corrected chi connectivity index (χ4v) is 6.10. The van der Waals surface area contributed by atoms with Crippen molar-refractivity contribution in [3.8, 4) is 0 Å². The lowest BCUT2D eigenvalue weighted by Crippen LogP contribution is -2.37. The number of hydrogen-bond acceptors (Lipinski definition) is 3. The number of piperidine rings is 1. The average Bonchev–Trinajstić information content (AvgIpc) is 3.18. The minimum Gasteiger partial charge on any atom is -0.392 e. The lowest BCUT2D eigenvalue weighted by molar-refractivity contribution is 0.109. The summed E-state index contributed by atoms with van der Waals surface area (Å²) in [7, 11) is 0. The molecule has 1 atom stereocenters. The normalized spacial score (nSPS) is 16.8. The first-order chi connectivity index (χ1) is 16.7. The highest BCUT2D eigenvalue weighted by atomic mass is 19.1. The number of nitrogens with zero attached hydrogens (tertiary/aromatic N) is 2. The van der Waals surface area contributed by atoms with E-state index in [1.54, 1.807) is 0 Å². The highest BCUT2D eigenvalue weighted by Gasteiger charge is 2.29. The number of aryl methyl sites for hydroxylation is 2. The van der Waals surface area contributed by atoms with Crippen LogP contribution in [0.1, 0.15) is 69.2 Å². The third-order valence-corrected chi connectivity index (χ3v) is 7.67. The van der Waals surface area contributed by atoms with E-state index in [-0.39, 0.29) is 29.3 Å². The second-order valence-electron chi connectivity index (χ2n) is 10.6. The van der Waals surface area contributed by atoms with Gasteiger partial charge in [0.15, 0.2) is 11.2 Å². The highest BCUT2D eigenvalue weighted by molar-refractivity contribution is 6.10. The van der Waals surface area contributed by atoms with Gasteiger partial charge in [-0.05, 0) is 94.8 Å². The second-order valence-corrected chi connectivity index (χ2v) is 10.6. The zero-order valence-corrected chi connectivity index (χ0v) is 21.4. The van der Waals surface area contributed by atoms with Crippen LogP contribution in [0.5, 0.6) is 0 Å². The van der Waals surface area contributed by atoms with Crippen molar-refractivity contribution >= 4 is 32.8 Å². The first-order valence-corrected chi connectivity index (χ1v) is 12.9. The third-order valence-electron chi connectivity index (χ3n) is 7.67. The number of rotatable bonds is 5. The van der Waals surface area contributed by atoms with Crippen molar-refractivity contribution in [1.82, 2.24) is 14.5 Å². The molecule has 1 saturated heterocycles. The van der Waals surface area contributed by atoms with Gasteiger partial charge in [0.2, 0.25) is 0 Å². The van der Waals surface area contributed by atoms with E-state index in [9.17, 15) is 9.90 Å². The monoisotopic (exact) mass is 477 g/mol. The number of pyridine rings is 1. The molecule has 5 nitrogen and oxygen atoms in total. The van der Waals surface area contributed by atoms with Gasteiger partial charge in [0.05, 0.1) is 17.0 Å². The summed E-state index contributed by atoms with van der Waals surface area (Å²) < 4.78 is 18.6. The quantitative estimate of drug-likeness (QED) is 0.383. The first kappa shape index (κ1) is 24.0. The van der Waals surface area contributed by atoms with Crippen LogP contribution in [0.15, 0.2) is 29.1 Å². The fraction of sp³-hybridized carbons (Fsp3) is 0.483. The van der Waals surface area contributed by atoms with E-state index in [0.29, 0.717) is 34.9 Å². The Morgan fingerprint density at radius 3 is 2.49 bits per heavy atom. The van der Waals surface area contributed by atoms with Gasteiger partial charge in [-0.3, -0.25) is 4.79 Å². The molecule has 2 aromatic heterocycles. The number of fused-ring (bicyclic) bond motifs is 4. The van der Waals surface area contributed by atoms with Crippen molar-refractivity contribution in [2.45, 2.75) is 71.9 Å². The van der Waals surface area contributed by atoms with E-state index >= 15 is 4.39 Å². The maximum absolute atomic E-state index is 16.6. The minimum absolute atomic E-state index is 0.0301. The predicted molar refractivity (Wildman–Crippen MR) is 142 cm³/mol. The van der Waals surface area contributed by atoms with Crippen LogP contribution in [0.2, 0.25) is 0 Å². The molecular formula is C29H36FN3O2. The van der Waals surface area contributed by atoms with Gasteiger partial charge in [-0.15, -0.1) is 0 Å². The molecular weight excluding hydrogens is 441 g/mol. The van der Waals surface area contributed by atoms with Gasteiger partial charge in [-0.2, -0.15) is 0 Å². The van der Waals surface area contributed by atoms with E-state index in [4.69, 9.17) is 0 Å². The standard InChI is InChI=1S/C29H36FN3O2/c1-6-19-14-22-27(26(30)24(19)20-9-11-32(12-10-20)15-18(5)34)33(16(2)3)29-25(28(22)35)21-8-7-17(4)13-23(21)31-29/h7-8,13-14,16,18,20,31,34H,6,9-12,15H2,1-5H3/t18-/m1/s1. The summed E-state index contributed by atoms with van der Waals surface area (Å²) in [5.41, 5.74) is 4.74. The lowest BCUT2D eigenvalue weighted by atomic mass is 9.84. The van der Waals surface area contributed by atoms with E-state index < -0.39 is 0 Å². The number of H-pyrrole nitrogens is 1. The van der Waals surface area contributed by atoms with Crippen molar-refractivity contribution < 1.29 is 9.50 Å². The maximum atomic E-state index is 16.6. The smallest absolute Gasteiger partial charge is 0.199 e. The Kier molecular flexibility index (Phi) is 6.22. The summed E-state index contributed by atoms with van der Waals surface area (Å²) >= 11 is 0. The number of aliphatic hydroxyl groups is 1. The first-order valence-electron chi connectivity index (χ1n) is 12.9. The number of nitrogens with one attached hydrogen (secondary N) is 1. The largest absolute Gasteiger partial charge is 0.392 e. The number of aromatic amines is 1. The third kappa shape index (κ3) is 3.97. The highest BCUT2D eigenvalue weighted by Crippen LogP contribution is 2.38. The Balaban J connectivity index is 1.77. The molecule has 35 heavy (non-hydrogen) atoms. The van der Waals surface area contributed by atoms with Gasteiger partial charge in [0, 0.05) is 28.9 Å². The molecule has 5 rings (SSSR count). The van der Waals surface area contributed by atoms with Gasteiger partial charge in [-0.25, -0.2) is 4.39 Å². The molecule has 0 unspecified atom stereocenters. The topological polar surface area (TPSA) is 61.3 Å². The lowest BCUT2D eigenvalue weighted by Gasteiger charge is -2.34. The van der Waals surface area contributed by atoms with Crippen LogP contribution in [0.3, 0.4) is 0 Å². The van der Waals surface area contributed by atoms with E-state index in [1.807, 2.05) is 63.5 Å². The summed E-state index contributed by atoms with van der Waals surface area (Å²) in [6, 6.07) is 7.99. The Morgan fingerprint density at radius 2 is 1.86 bits per heavy atom. The Labute approximate surface area is 205 Å². The van der Waals surface area contributed by atoms with Crippen molar-refractivity contribution in [2.75, 3.05) is 19.6 Å². The SMILES string of the molecule is CCc1cc2c(=O)c3c4ccc(C)cc4[nH]c3n(C(C)C)c2c(F)c1C1CCN(C[C@@H](C)O)CC1. The van der Waals surface area contributed by atoms with Gasteiger partial charge < -0.3 is 19.6 Å². The van der Waals surface area contributed by atoms with Crippen LogP contribution in [-0.4, -0.2) is 45.3 Å². The average molecular weight is 478 g/mol. The number of hydrogen-bond donors (Lipinski definition) is 2. The molecule has 6 heteroatoms. The molecule has 1 aliphatic rings. The molecule has 3 heterocycles. The van der Waals surface area contributed by atoms with Crippen molar-refractivity contribution in [2.24, 2.45) is 0 Å². The van der Waals surface area contributed by atoms with E-state index in [0.717, 1.165) is 53.5 Å². The predicted octanol–water partition coefficient (Wildman–Crippen LogP) is 5.79. The van der Waals surface area contributed by atoms with Crippen LogP contribution >= 0.6 is 0 Å². The van der Waals surface area contributed by atoms with E-state index in [1.165, 1.54) is 0 Å². The van der Waals surface area contributed by atoms with Gasteiger partial charge in [0.1, 0.15) is 5.65 Å². The molecule has 4 aromatic rings. The number of benzene rings is 2. The molecule has 2 aromatic carbocycles. The van der Waals surface area contributed by atoms with Crippen LogP contribution in [0.4, 0.5) is 4.39 Å². The second kappa shape index (κ2) is 9.07. The van der Waals surface area contributed by atoms with Crippen molar-refractivity contribution in [3.05, 3.63) is 57.0 Å². The number of β-amino-alcohol motifs (C(OH)–C–C–N with tert-alkyl or cyclic N) is 1. The van der Waals surface area contributed by atoms with Crippen LogP contribution < -0.4 is 5.43 Å². The van der Waals surface area contributed by atoms with Crippen LogP contribution in [0, 0.1) is 12.7 Å². The molecule has 2 N–H and O–H groups in total. The summed E-state index contributed by atoms with van der Waals surface area (Å²) in [6.45, 7) is 12.3. The molecule has 0 amide bonds. The van der Waals surface area contributed by atoms with Crippen LogP contribution in [0.25, 0.3) is 32.8 Å². The molecule has 1 aliphatic heterocycles. The zero-order chi connectivity index (χ0) is 25.0. The Morgan fingerprint density at radius 1 is 1.14 bits per heavy atom. The summed E-state index contributed by atoms with van der Waals surface area (Å²) in [6.07, 6.45) is 2.02. The van der Waals surface area contributed by atoms with Crippen molar-refractivity contribution in [3.63, 3.8) is 0 Å². The summed E-state index contributed by atoms with van der Waals surface area (Å²) in [5.74, 6) is -0.132. The van der Waals surface area contributed by atoms with Crippen molar-refractivity contribution in [1.29, 1.82) is 0 Å². The van der Waals surface area contributed by atoms with E-state index in [2.05, 4.69) is 9.88 Å². The number of aromatic nitrogens is 2. The molecule has 0 spiro atoms. The Hall–Kier alpha value is -2.70. The number of aliphatic hydroxyl groups excluding tert-OH is 1. The van der Waals surface area contributed by atoms with Gasteiger partial charge >= 0.3 is 0 Å². The number of likely N-dealkylation sites (tertiary alicyclic amines) is 1.